The first-order valence-corrected chi connectivity index (χ1v) is 14.6. The maximum Gasteiger partial charge on any atom is 0.262 e. The number of hydrogen-bond acceptors (Lipinski definition) is 7. The highest BCUT2D eigenvalue weighted by Crippen LogP contribution is 2.35. The zero-order valence-electron chi connectivity index (χ0n) is 22.5. The number of carbonyl (C=O) groups is 2. The Labute approximate surface area is 261 Å². The van der Waals surface area contributed by atoms with Crippen LogP contribution in [0.4, 0.5) is 0 Å². The number of benzene rings is 3. The summed E-state index contributed by atoms with van der Waals surface area (Å²) in [5.74, 6) is 1.08. The number of carbonyl (C=O) groups excluding carboxylic acids is 2. The first-order valence-electron chi connectivity index (χ1n) is 12.7. The molecule has 0 aromatic heterocycles. The Morgan fingerprint density at radius 1 is 1.07 bits per heavy atom. The van der Waals surface area contributed by atoms with Crippen LogP contribution < -0.4 is 29.7 Å². The molecule has 3 aromatic carbocycles. The van der Waals surface area contributed by atoms with Crippen molar-refractivity contribution in [2.75, 3.05) is 13.4 Å². The summed E-state index contributed by atoms with van der Waals surface area (Å²) in [6, 6.07) is 12.9. The Kier molecular flexibility index (Phi) is 10.6. The zero-order valence-corrected chi connectivity index (χ0v) is 26.2. The largest absolute Gasteiger partial charge is 0.490 e. The van der Waals surface area contributed by atoms with Crippen molar-refractivity contribution in [1.82, 2.24) is 10.7 Å². The molecule has 1 aliphatic rings. The van der Waals surface area contributed by atoms with Crippen molar-refractivity contribution in [2.24, 2.45) is 11.0 Å². The molecular weight excluding hydrogens is 684 g/mol. The van der Waals surface area contributed by atoms with Crippen molar-refractivity contribution in [2.45, 2.75) is 33.4 Å². The zero-order chi connectivity index (χ0) is 29.5. The number of nitrogens with zero attached hydrogens (tertiary/aromatic N) is 1. The van der Waals surface area contributed by atoms with Gasteiger partial charge in [0.2, 0.25) is 6.79 Å². The van der Waals surface area contributed by atoms with Crippen LogP contribution in [0.3, 0.4) is 0 Å². The van der Waals surface area contributed by atoms with E-state index < -0.39 is 17.9 Å². The average molecular weight is 712 g/mol. The molecule has 0 saturated heterocycles. The van der Waals surface area contributed by atoms with E-state index in [9.17, 15) is 9.59 Å². The highest BCUT2D eigenvalue weighted by molar-refractivity contribution is 14.1. The van der Waals surface area contributed by atoms with Gasteiger partial charge in [-0.2, -0.15) is 5.10 Å². The van der Waals surface area contributed by atoms with Gasteiger partial charge in [0.15, 0.2) is 23.0 Å². The maximum absolute atomic E-state index is 12.9. The molecule has 4 rings (SSSR count). The van der Waals surface area contributed by atoms with Crippen molar-refractivity contribution in [3.05, 3.63) is 78.8 Å². The van der Waals surface area contributed by atoms with Crippen LogP contribution in [0.5, 0.6) is 23.0 Å². The first-order chi connectivity index (χ1) is 19.7. The third kappa shape index (κ3) is 7.96. The molecule has 41 heavy (non-hydrogen) atoms. The van der Waals surface area contributed by atoms with E-state index in [1.54, 1.807) is 36.4 Å². The Morgan fingerprint density at radius 2 is 1.85 bits per heavy atom. The lowest BCUT2D eigenvalue weighted by molar-refractivity contribution is -0.123. The lowest BCUT2D eigenvalue weighted by Gasteiger charge is -2.20. The van der Waals surface area contributed by atoms with Crippen LogP contribution >= 0.6 is 45.8 Å². The summed E-state index contributed by atoms with van der Waals surface area (Å²) in [6.07, 6.45) is 1.50. The Morgan fingerprint density at radius 3 is 2.59 bits per heavy atom. The topological polar surface area (TPSA) is 107 Å². The smallest absolute Gasteiger partial charge is 0.262 e. The lowest BCUT2D eigenvalue weighted by Crippen LogP contribution is -2.48. The van der Waals surface area contributed by atoms with Gasteiger partial charge >= 0.3 is 0 Å². The van der Waals surface area contributed by atoms with Crippen molar-refractivity contribution < 1.29 is 28.5 Å². The van der Waals surface area contributed by atoms with Crippen LogP contribution in [0.25, 0.3) is 0 Å². The number of ether oxygens (including phenoxy) is 4. The molecule has 0 radical (unpaired) electrons. The third-order valence-corrected chi connectivity index (χ3v) is 7.37. The van der Waals surface area contributed by atoms with Crippen LogP contribution in [0, 0.1) is 9.49 Å². The van der Waals surface area contributed by atoms with Gasteiger partial charge in [-0.1, -0.05) is 43.1 Å². The summed E-state index contributed by atoms with van der Waals surface area (Å²) < 4.78 is 23.3. The van der Waals surface area contributed by atoms with E-state index in [1.807, 2.05) is 32.9 Å². The van der Waals surface area contributed by atoms with E-state index in [4.69, 9.17) is 42.1 Å². The lowest BCUT2D eigenvalue weighted by atomic mass is 10.0. The predicted molar refractivity (Wildman–Crippen MR) is 166 cm³/mol. The molecule has 12 heteroatoms. The van der Waals surface area contributed by atoms with Gasteiger partial charge in [-0.15, -0.1) is 0 Å². The van der Waals surface area contributed by atoms with E-state index in [-0.39, 0.29) is 19.3 Å². The van der Waals surface area contributed by atoms with E-state index in [0.717, 1.165) is 9.13 Å². The highest BCUT2D eigenvalue weighted by atomic mass is 127. The summed E-state index contributed by atoms with van der Waals surface area (Å²) in [5, 5.41) is 7.95. The first kappa shape index (κ1) is 30.7. The maximum atomic E-state index is 12.9. The van der Waals surface area contributed by atoms with Gasteiger partial charge in [0.1, 0.15) is 12.6 Å². The Hall–Kier alpha value is -3.22. The minimum Gasteiger partial charge on any atom is -0.490 e. The van der Waals surface area contributed by atoms with Crippen LogP contribution in [0.15, 0.2) is 53.6 Å². The van der Waals surface area contributed by atoms with Gasteiger partial charge < -0.3 is 24.3 Å². The number of nitrogens with one attached hydrogen (secondary N) is 2. The van der Waals surface area contributed by atoms with Gasteiger partial charge in [0.05, 0.1) is 16.4 Å². The van der Waals surface area contributed by atoms with E-state index >= 15 is 0 Å². The van der Waals surface area contributed by atoms with Crippen molar-refractivity contribution in [1.29, 1.82) is 0 Å². The number of hydrazone groups is 1. The third-order valence-electron chi connectivity index (χ3n) is 5.98. The fraction of sp³-hybridized carbons (Fsp3) is 0.276. The predicted octanol–water partition coefficient (Wildman–Crippen LogP) is 6.21. The Balaban J connectivity index is 1.42. The second kappa shape index (κ2) is 14.1. The summed E-state index contributed by atoms with van der Waals surface area (Å²) in [6.45, 7) is 6.29. The van der Waals surface area contributed by atoms with Crippen molar-refractivity contribution in [3.63, 3.8) is 0 Å². The molecule has 216 valence electrons. The van der Waals surface area contributed by atoms with Crippen LogP contribution in [0.2, 0.25) is 10.0 Å². The van der Waals surface area contributed by atoms with E-state index in [1.165, 1.54) is 6.21 Å². The molecule has 0 saturated carbocycles. The van der Waals surface area contributed by atoms with Crippen molar-refractivity contribution >= 4 is 63.8 Å². The minimum absolute atomic E-state index is 0.106. The van der Waals surface area contributed by atoms with Gasteiger partial charge in [-0.05, 0) is 83.5 Å². The highest BCUT2D eigenvalue weighted by Gasteiger charge is 2.25. The molecule has 1 heterocycles. The molecule has 0 fully saturated rings. The van der Waals surface area contributed by atoms with Gasteiger partial charge in [0.25, 0.3) is 11.8 Å². The average Bonchev–Trinajstić information content (AvgIpc) is 3.40. The van der Waals surface area contributed by atoms with E-state index in [2.05, 4.69) is 38.4 Å². The van der Waals surface area contributed by atoms with Crippen LogP contribution in [-0.4, -0.2) is 37.5 Å². The summed E-state index contributed by atoms with van der Waals surface area (Å²) in [4.78, 5) is 25.8. The summed E-state index contributed by atoms with van der Waals surface area (Å²) in [5.41, 5.74) is 4.35. The number of hydrogen-bond donors (Lipinski definition) is 2. The molecule has 0 aliphatic carbocycles. The molecular formula is C29H28Cl2IN3O6. The van der Waals surface area contributed by atoms with Gasteiger partial charge in [0, 0.05) is 21.2 Å². The molecule has 3 aromatic rings. The number of amides is 2. The quantitative estimate of drug-likeness (QED) is 0.139. The fourth-order valence-electron chi connectivity index (χ4n) is 3.89. The second-order valence-corrected chi connectivity index (χ2v) is 11.3. The molecule has 0 bridgehead atoms. The standard InChI is InChI=1S/C29H28Cl2IN3O6/c1-4-38-25-10-17(9-22(32)27(25)39-14-19-5-7-20(30)12-21(19)31)13-33-35-29(37)26(16(2)3)34-28(36)18-6-8-23-24(11-18)41-15-40-23/h5-13,16,26H,4,14-15H2,1-3H3,(H,34,36)(H,35,37). The molecule has 1 unspecified atom stereocenters. The molecule has 0 spiro atoms. The second-order valence-electron chi connectivity index (χ2n) is 9.28. The molecule has 2 amide bonds. The van der Waals surface area contributed by atoms with Gasteiger partial charge in [-0.3, -0.25) is 9.59 Å². The SMILES string of the molecule is CCOc1cc(C=NNC(=O)C(NC(=O)c2ccc3c(c2)OCO3)C(C)C)cc(I)c1OCc1ccc(Cl)cc1Cl. The van der Waals surface area contributed by atoms with E-state index in [0.29, 0.717) is 50.8 Å². The molecule has 2 N–H and O–H groups in total. The number of fused-ring (bicyclic) bond motifs is 1. The normalized spacial score (nSPS) is 12.9. The summed E-state index contributed by atoms with van der Waals surface area (Å²) in [7, 11) is 0. The number of halogens is 3. The molecule has 1 aliphatic heterocycles. The monoisotopic (exact) mass is 711 g/mol. The molecule has 9 nitrogen and oxygen atoms in total. The van der Waals surface area contributed by atoms with Crippen LogP contribution in [0.1, 0.15) is 42.3 Å². The molecule has 1 atom stereocenters. The Bertz CT molecular complexity index is 1470. The summed E-state index contributed by atoms with van der Waals surface area (Å²) >= 11 is 14.4. The van der Waals surface area contributed by atoms with Crippen molar-refractivity contribution in [3.8, 4) is 23.0 Å². The minimum atomic E-state index is -0.820. The number of rotatable bonds is 11. The van der Waals surface area contributed by atoms with Crippen LogP contribution in [-0.2, 0) is 11.4 Å². The fourth-order valence-corrected chi connectivity index (χ4v) is 5.14. The van der Waals surface area contributed by atoms with Gasteiger partial charge in [-0.25, -0.2) is 5.43 Å².